The van der Waals surface area contributed by atoms with Crippen molar-refractivity contribution in [2.45, 2.75) is 46.6 Å². The number of benzene rings is 1. The molecule has 0 atom stereocenters. The second kappa shape index (κ2) is 9.05. The molecule has 0 bridgehead atoms. The normalized spacial score (nSPS) is 15.9. The monoisotopic (exact) mass is 604 g/mol. The van der Waals surface area contributed by atoms with Gasteiger partial charge in [0.15, 0.2) is 5.75 Å². The van der Waals surface area contributed by atoms with E-state index in [-0.39, 0.29) is 12.1 Å². The molecule has 1 aromatic rings. The van der Waals surface area contributed by atoms with E-state index in [0.717, 1.165) is 0 Å². The third-order valence-electron chi connectivity index (χ3n) is 4.10. The Balaban J connectivity index is 3.68. The van der Waals surface area contributed by atoms with Crippen molar-refractivity contribution in [1.82, 2.24) is 0 Å². The number of para-hydroxylation sites is 1. The number of hydrogen-bond donors (Lipinski definition) is 1. The predicted octanol–water partition coefficient (Wildman–Crippen LogP) is 6.79. The van der Waals surface area contributed by atoms with Gasteiger partial charge in [0.05, 0.1) is 0 Å². The smallest absolute Gasteiger partial charge is 0.428 e. The van der Waals surface area contributed by atoms with Crippen LogP contribution in [-0.4, -0.2) is 54.7 Å². The molecular weight excluding hydrogens is 599 g/mol. The molecule has 0 fully saturated rings. The average Bonchev–Trinajstić information content (AvgIpc) is 2.71. The quantitative estimate of drug-likeness (QED) is 0.192. The van der Waals surface area contributed by atoms with Crippen molar-refractivity contribution in [1.29, 1.82) is 0 Å². The standard InChI is InChI=1S/C15H5F17O4S/c16-7(8(17)36-5-3-1-2-4-6(5)37(33,34)35)9(18,19)10(20,21)11(22,23)12(24,25)13(26,27)14(28,29)15(30,31)32/h1-4H,(H,33,34,35). The number of rotatable bonds is 9. The molecule has 0 unspecified atom stereocenters. The van der Waals surface area contributed by atoms with Crippen molar-refractivity contribution in [3.05, 3.63) is 36.1 Å². The van der Waals surface area contributed by atoms with Gasteiger partial charge in [0.2, 0.25) is 5.83 Å². The molecule has 0 aliphatic heterocycles. The van der Waals surface area contributed by atoms with Crippen molar-refractivity contribution in [3.8, 4) is 5.75 Å². The summed E-state index contributed by atoms with van der Waals surface area (Å²) in [7, 11) is -5.49. The lowest BCUT2D eigenvalue weighted by Gasteiger charge is -2.41. The summed E-state index contributed by atoms with van der Waals surface area (Å²) in [6.07, 6.45) is -7.85. The SMILES string of the molecule is O=S(=O)(O)c1ccccc1OC(F)=C(F)C(F)(F)C(F)(F)C(F)(F)C(F)(F)C(F)(F)C(F)(F)C(F)(F)F. The first-order chi connectivity index (χ1) is 16.0. The highest BCUT2D eigenvalue weighted by Gasteiger charge is 2.93. The fourth-order valence-electron chi connectivity index (χ4n) is 2.12. The van der Waals surface area contributed by atoms with Gasteiger partial charge in [-0.05, 0) is 12.1 Å². The van der Waals surface area contributed by atoms with E-state index in [1.165, 1.54) is 0 Å². The van der Waals surface area contributed by atoms with Crippen molar-refractivity contribution in [3.63, 3.8) is 0 Å². The molecular formula is C15H5F17O4S. The van der Waals surface area contributed by atoms with Crippen LogP contribution < -0.4 is 4.74 Å². The molecule has 0 saturated carbocycles. The molecule has 214 valence electrons. The first-order valence-corrected chi connectivity index (χ1v) is 9.61. The maximum Gasteiger partial charge on any atom is 0.460 e. The van der Waals surface area contributed by atoms with Crippen LogP contribution in [0.4, 0.5) is 74.6 Å². The Morgan fingerprint density at radius 1 is 0.649 bits per heavy atom. The van der Waals surface area contributed by atoms with Gasteiger partial charge in [-0.1, -0.05) is 12.1 Å². The molecule has 4 nitrogen and oxygen atoms in total. The average molecular weight is 604 g/mol. The van der Waals surface area contributed by atoms with Gasteiger partial charge in [-0.25, -0.2) is 0 Å². The lowest BCUT2D eigenvalue weighted by Crippen LogP contribution is -2.72. The summed E-state index contributed by atoms with van der Waals surface area (Å²) < 4.78 is 258. The van der Waals surface area contributed by atoms with Crippen LogP contribution in [-0.2, 0) is 10.1 Å². The molecule has 0 saturated heterocycles. The van der Waals surface area contributed by atoms with Crippen LogP contribution in [0.25, 0.3) is 0 Å². The van der Waals surface area contributed by atoms with E-state index in [4.69, 9.17) is 4.55 Å². The molecule has 0 heterocycles. The minimum absolute atomic E-state index is 0.175. The second-order valence-electron chi connectivity index (χ2n) is 6.56. The Kier molecular flexibility index (Phi) is 7.95. The van der Waals surface area contributed by atoms with Crippen molar-refractivity contribution in [2.24, 2.45) is 0 Å². The van der Waals surface area contributed by atoms with E-state index >= 15 is 0 Å². The molecule has 0 spiro atoms. The third-order valence-corrected chi connectivity index (χ3v) is 5.00. The zero-order valence-corrected chi connectivity index (χ0v) is 17.1. The van der Waals surface area contributed by atoms with Crippen LogP contribution in [0.5, 0.6) is 5.75 Å². The molecule has 1 rings (SSSR count). The number of allylic oxidation sites excluding steroid dienone is 1. The van der Waals surface area contributed by atoms with E-state index < -0.39 is 74.3 Å². The number of hydrogen-bond acceptors (Lipinski definition) is 3. The Bertz CT molecular complexity index is 1150. The zero-order chi connectivity index (χ0) is 29.8. The topological polar surface area (TPSA) is 63.6 Å². The van der Waals surface area contributed by atoms with Crippen molar-refractivity contribution >= 4 is 10.1 Å². The minimum Gasteiger partial charge on any atom is -0.428 e. The molecule has 0 aromatic heterocycles. The zero-order valence-electron chi connectivity index (χ0n) is 16.3. The molecule has 0 radical (unpaired) electrons. The van der Waals surface area contributed by atoms with Gasteiger partial charge in [-0.15, -0.1) is 0 Å². The van der Waals surface area contributed by atoms with E-state index in [9.17, 15) is 83.1 Å². The van der Waals surface area contributed by atoms with Crippen LogP contribution in [0, 0.1) is 0 Å². The van der Waals surface area contributed by atoms with E-state index in [1.807, 2.05) is 0 Å². The van der Waals surface area contributed by atoms with Crippen LogP contribution in [0.2, 0.25) is 0 Å². The fourth-order valence-corrected chi connectivity index (χ4v) is 2.73. The first kappa shape index (κ1) is 32.5. The molecule has 37 heavy (non-hydrogen) atoms. The van der Waals surface area contributed by atoms with E-state index in [0.29, 0.717) is 12.1 Å². The summed E-state index contributed by atoms with van der Waals surface area (Å²) in [6.45, 7) is 0. The van der Waals surface area contributed by atoms with Crippen molar-refractivity contribution in [2.75, 3.05) is 0 Å². The highest BCUT2D eigenvalue weighted by molar-refractivity contribution is 7.86. The molecule has 1 N–H and O–H groups in total. The van der Waals surface area contributed by atoms with Gasteiger partial charge in [0.1, 0.15) is 4.90 Å². The molecule has 22 heteroatoms. The second-order valence-corrected chi connectivity index (χ2v) is 7.95. The Hall–Kier alpha value is -2.52. The summed E-state index contributed by atoms with van der Waals surface area (Å²) in [4.78, 5) is -1.63. The van der Waals surface area contributed by atoms with Gasteiger partial charge in [-0.3, -0.25) is 4.55 Å². The highest BCUT2D eigenvalue weighted by Crippen LogP contribution is 2.63. The van der Waals surface area contributed by atoms with E-state index in [2.05, 4.69) is 4.74 Å². The van der Waals surface area contributed by atoms with Gasteiger partial charge in [-0.2, -0.15) is 83.1 Å². The number of alkyl halides is 15. The minimum atomic E-state index is -8.73. The summed E-state index contributed by atoms with van der Waals surface area (Å²) in [5, 5.41) is 0. The highest BCUT2D eigenvalue weighted by atomic mass is 32.2. The summed E-state index contributed by atoms with van der Waals surface area (Å²) in [5.41, 5.74) is 0. The number of ether oxygens (including phenoxy) is 1. The van der Waals surface area contributed by atoms with Gasteiger partial charge in [0.25, 0.3) is 10.1 Å². The molecule has 1 aromatic carbocycles. The molecule has 0 aliphatic carbocycles. The summed E-state index contributed by atoms with van der Waals surface area (Å²) >= 11 is 0. The summed E-state index contributed by atoms with van der Waals surface area (Å²) in [6, 6.07) is -2.11. The third kappa shape index (κ3) is 4.88. The lowest BCUT2D eigenvalue weighted by atomic mass is 9.91. The Labute approximate surface area is 192 Å². The first-order valence-electron chi connectivity index (χ1n) is 8.17. The lowest BCUT2D eigenvalue weighted by molar-refractivity contribution is -0.451. The molecule has 0 aliphatic rings. The maximum absolute atomic E-state index is 13.7. The Morgan fingerprint density at radius 2 is 1.03 bits per heavy atom. The van der Waals surface area contributed by atoms with Gasteiger partial charge in [0, 0.05) is 0 Å². The number of halogens is 17. The van der Waals surface area contributed by atoms with Crippen LogP contribution in [0.1, 0.15) is 0 Å². The van der Waals surface area contributed by atoms with Gasteiger partial charge < -0.3 is 4.74 Å². The van der Waals surface area contributed by atoms with Crippen LogP contribution >= 0.6 is 0 Å². The van der Waals surface area contributed by atoms with Gasteiger partial charge >= 0.3 is 47.7 Å². The van der Waals surface area contributed by atoms with Crippen molar-refractivity contribution < 1.29 is 92.3 Å². The van der Waals surface area contributed by atoms with Crippen LogP contribution in [0.3, 0.4) is 0 Å². The fraction of sp³-hybridized carbons (Fsp3) is 0.467. The predicted molar refractivity (Wildman–Crippen MR) is 81.9 cm³/mol. The largest absolute Gasteiger partial charge is 0.460 e. The maximum atomic E-state index is 13.7. The Morgan fingerprint density at radius 3 is 1.43 bits per heavy atom. The van der Waals surface area contributed by atoms with E-state index in [1.54, 1.807) is 0 Å². The van der Waals surface area contributed by atoms with Crippen LogP contribution in [0.15, 0.2) is 41.0 Å². The molecule has 0 amide bonds. The summed E-state index contributed by atoms with van der Waals surface area (Å²) in [5.74, 6) is -56.9.